The molecule has 0 spiro atoms. The Kier molecular flexibility index (Phi) is 4.93. The summed E-state index contributed by atoms with van der Waals surface area (Å²) in [6.45, 7) is 0.753. The number of carboxylic acids is 1. The van der Waals surface area contributed by atoms with E-state index >= 15 is 0 Å². The van der Waals surface area contributed by atoms with Crippen molar-refractivity contribution in [3.05, 3.63) is 27.7 Å². The van der Waals surface area contributed by atoms with Gasteiger partial charge in [0.25, 0.3) is 0 Å². The van der Waals surface area contributed by atoms with Crippen LogP contribution in [0.4, 0.5) is 0 Å². The first-order valence-corrected chi connectivity index (χ1v) is 8.80. The van der Waals surface area contributed by atoms with E-state index in [1.165, 1.54) is 4.90 Å². The average Bonchev–Trinajstić information content (AvgIpc) is 2.94. The molecule has 1 aliphatic heterocycles. The lowest BCUT2D eigenvalue weighted by molar-refractivity contribution is -0.158. The van der Waals surface area contributed by atoms with Gasteiger partial charge in [0.05, 0.1) is 28.4 Å². The van der Waals surface area contributed by atoms with E-state index < -0.39 is 12.0 Å². The number of ether oxygens (including phenoxy) is 1. The van der Waals surface area contributed by atoms with Crippen molar-refractivity contribution in [3.8, 4) is 0 Å². The molecular formula is C15H15BrN2O4S. The summed E-state index contributed by atoms with van der Waals surface area (Å²) in [6.07, 6.45) is 0.768. The molecule has 1 fully saturated rings. The van der Waals surface area contributed by atoms with Gasteiger partial charge in [0.15, 0.2) is 6.04 Å². The third-order valence-electron chi connectivity index (χ3n) is 3.68. The van der Waals surface area contributed by atoms with Crippen LogP contribution in [-0.2, 0) is 20.7 Å². The first-order valence-electron chi connectivity index (χ1n) is 7.19. The molecule has 3 rings (SSSR count). The van der Waals surface area contributed by atoms with Crippen LogP contribution in [0.15, 0.2) is 22.7 Å². The Morgan fingerprint density at radius 3 is 3.09 bits per heavy atom. The Hall–Kier alpha value is -1.51. The molecule has 0 aliphatic carbocycles. The number of fused-ring (bicyclic) bond motifs is 1. The number of halogens is 1. The number of benzene rings is 1. The zero-order valence-electron chi connectivity index (χ0n) is 12.2. The number of carbonyl (C=O) groups is 2. The number of aryl methyl sites for hydroxylation is 1. The number of aromatic nitrogens is 1. The molecule has 0 radical (unpaired) electrons. The van der Waals surface area contributed by atoms with Crippen LogP contribution < -0.4 is 0 Å². The predicted molar refractivity (Wildman–Crippen MR) is 89.6 cm³/mol. The molecule has 1 aromatic heterocycles. The van der Waals surface area contributed by atoms with Gasteiger partial charge in [0.1, 0.15) is 0 Å². The lowest BCUT2D eigenvalue weighted by Gasteiger charge is -2.32. The second kappa shape index (κ2) is 6.94. The normalized spacial score (nSPS) is 18.3. The van der Waals surface area contributed by atoms with Crippen molar-refractivity contribution in [2.75, 3.05) is 19.8 Å². The summed E-state index contributed by atoms with van der Waals surface area (Å²) in [7, 11) is 0. The molecule has 1 N–H and O–H groups in total. The van der Waals surface area contributed by atoms with Gasteiger partial charge < -0.3 is 14.7 Å². The van der Waals surface area contributed by atoms with Crippen LogP contribution in [-0.4, -0.2) is 52.7 Å². The molecule has 2 aromatic rings. The molecule has 8 heteroatoms. The van der Waals surface area contributed by atoms with Crippen molar-refractivity contribution in [1.82, 2.24) is 9.88 Å². The minimum Gasteiger partial charge on any atom is -0.480 e. The monoisotopic (exact) mass is 398 g/mol. The Balaban J connectivity index is 1.66. The fourth-order valence-corrected chi connectivity index (χ4v) is 3.82. The SMILES string of the molecule is O=C(O)C1COCCN1C(=O)CCc1nc2cc(Br)ccc2s1. The third-order valence-corrected chi connectivity index (χ3v) is 5.27. The molecule has 1 aromatic carbocycles. The number of hydrogen-bond donors (Lipinski definition) is 1. The predicted octanol–water partition coefficient (Wildman–Crippen LogP) is 2.30. The fraction of sp³-hybridized carbons (Fsp3) is 0.400. The van der Waals surface area contributed by atoms with Gasteiger partial charge in [-0.3, -0.25) is 4.79 Å². The van der Waals surface area contributed by atoms with E-state index in [-0.39, 0.29) is 18.9 Å². The summed E-state index contributed by atoms with van der Waals surface area (Å²) in [5.74, 6) is -1.19. The van der Waals surface area contributed by atoms with E-state index in [9.17, 15) is 14.7 Å². The fourth-order valence-electron chi connectivity index (χ4n) is 2.52. The minimum atomic E-state index is -1.03. The van der Waals surface area contributed by atoms with E-state index in [1.54, 1.807) is 11.3 Å². The highest BCUT2D eigenvalue weighted by molar-refractivity contribution is 9.10. The van der Waals surface area contributed by atoms with Crippen LogP contribution in [0.25, 0.3) is 10.2 Å². The van der Waals surface area contributed by atoms with Gasteiger partial charge in [-0.1, -0.05) is 15.9 Å². The number of hydrogen-bond acceptors (Lipinski definition) is 5. The van der Waals surface area contributed by atoms with Crippen LogP contribution in [0.1, 0.15) is 11.4 Å². The maximum Gasteiger partial charge on any atom is 0.328 e. The lowest BCUT2D eigenvalue weighted by atomic mass is 10.2. The zero-order chi connectivity index (χ0) is 16.4. The molecule has 0 saturated carbocycles. The van der Waals surface area contributed by atoms with Gasteiger partial charge in [-0.25, -0.2) is 9.78 Å². The minimum absolute atomic E-state index is 0.0518. The number of amides is 1. The van der Waals surface area contributed by atoms with Gasteiger partial charge in [0.2, 0.25) is 5.91 Å². The van der Waals surface area contributed by atoms with Crippen molar-refractivity contribution in [3.63, 3.8) is 0 Å². The summed E-state index contributed by atoms with van der Waals surface area (Å²) >= 11 is 4.97. The van der Waals surface area contributed by atoms with Crippen LogP contribution in [0.5, 0.6) is 0 Å². The summed E-state index contributed by atoms with van der Waals surface area (Å²) < 4.78 is 7.19. The van der Waals surface area contributed by atoms with E-state index in [4.69, 9.17) is 4.74 Å². The van der Waals surface area contributed by atoms with Crippen molar-refractivity contribution in [2.24, 2.45) is 0 Å². The largest absolute Gasteiger partial charge is 0.480 e. The lowest BCUT2D eigenvalue weighted by Crippen LogP contribution is -2.52. The quantitative estimate of drug-likeness (QED) is 0.854. The second-order valence-corrected chi connectivity index (χ2v) is 7.27. The van der Waals surface area contributed by atoms with E-state index in [1.807, 2.05) is 18.2 Å². The number of rotatable bonds is 4. The van der Waals surface area contributed by atoms with Gasteiger partial charge in [-0.2, -0.15) is 0 Å². The number of nitrogens with zero attached hydrogens (tertiary/aromatic N) is 2. The first kappa shape index (κ1) is 16.4. The van der Waals surface area contributed by atoms with Crippen molar-refractivity contribution in [1.29, 1.82) is 0 Å². The molecule has 6 nitrogen and oxygen atoms in total. The molecule has 2 heterocycles. The van der Waals surface area contributed by atoms with Crippen LogP contribution >= 0.6 is 27.3 Å². The average molecular weight is 399 g/mol. The summed E-state index contributed by atoms with van der Waals surface area (Å²) in [5.41, 5.74) is 0.904. The topological polar surface area (TPSA) is 79.7 Å². The number of aliphatic carboxylic acids is 1. The van der Waals surface area contributed by atoms with Crippen LogP contribution in [0, 0.1) is 0 Å². The van der Waals surface area contributed by atoms with Gasteiger partial charge in [0, 0.05) is 23.9 Å². The Bertz CT molecular complexity index is 748. The summed E-state index contributed by atoms with van der Waals surface area (Å²) in [4.78, 5) is 29.5. The van der Waals surface area contributed by atoms with Crippen molar-refractivity contribution < 1.29 is 19.4 Å². The number of carbonyl (C=O) groups excluding carboxylic acids is 1. The maximum atomic E-state index is 12.3. The van der Waals surface area contributed by atoms with Gasteiger partial charge in [-0.15, -0.1) is 11.3 Å². The molecule has 0 bridgehead atoms. The third kappa shape index (κ3) is 3.70. The highest BCUT2D eigenvalue weighted by Gasteiger charge is 2.32. The zero-order valence-corrected chi connectivity index (χ0v) is 14.6. The molecule has 1 unspecified atom stereocenters. The molecule has 23 heavy (non-hydrogen) atoms. The van der Waals surface area contributed by atoms with E-state index in [0.717, 1.165) is 19.7 Å². The van der Waals surface area contributed by atoms with E-state index in [2.05, 4.69) is 20.9 Å². The Morgan fingerprint density at radius 1 is 1.48 bits per heavy atom. The second-order valence-electron chi connectivity index (χ2n) is 5.24. The smallest absolute Gasteiger partial charge is 0.328 e. The van der Waals surface area contributed by atoms with Gasteiger partial charge in [-0.05, 0) is 18.2 Å². The molecule has 122 valence electrons. The van der Waals surface area contributed by atoms with Crippen molar-refractivity contribution >= 4 is 49.4 Å². The number of morpholine rings is 1. The molecular weight excluding hydrogens is 384 g/mol. The Morgan fingerprint density at radius 2 is 2.30 bits per heavy atom. The Labute approximate surface area is 145 Å². The summed E-state index contributed by atoms with van der Waals surface area (Å²) in [5, 5.41) is 10.1. The van der Waals surface area contributed by atoms with Crippen LogP contribution in [0.2, 0.25) is 0 Å². The molecule has 1 atom stereocenters. The highest BCUT2D eigenvalue weighted by atomic mass is 79.9. The number of thiazole rings is 1. The van der Waals surface area contributed by atoms with E-state index in [0.29, 0.717) is 19.6 Å². The maximum absolute atomic E-state index is 12.3. The molecule has 1 aliphatic rings. The highest BCUT2D eigenvalue weighted by Crippen LogP contribution is 2.26. The molecule has 1 amide bonds. The first-order chi connectivity index (χ1) is 11.0. The van der Waals surface area contributed by atoms with Crippen LogP contribution in [0.3, 0.4) is 0 Å². The number of carboxylic acid groups (broad SMARTS) is 1. The van der Waals surface area contributed by atoms with Crippen molar-refractivity contribution in [2.45, 2.75) is 18.9 Å². The van der Waals surface area contributed by atoms with Gasteiger partial charge >= 0.3 is 5.97 Å². The summed E-state index contributed by atoms with van der Waals surface area (Å²) in [6, 6.07) is 5.01. The molecule has 1 saturated heterocycles. The standard InChI is InChI=1S/C15H15BrN2O4S/c16-9-1-2-12-10(7-9)17-13(23-12)3-4-14(19)18-5-6-22-8-11(18)15(20)21/h1-2,7,11H,3-6,8H2,(H,20,21).